The van der Waals surface area contributed by atoms with Crippen molar-refractivity contribution >= 4 is 34.8 Å². The Morgan fingerprint density at radius 2 is 1.96 bits per heavy atom. The monoisotopic (exact) mass is 385 g/mol. The highest BCUT2D eigenvalue weighted by Crippen LogP contribution is 2.35. The van der Waals surface area contributed by atoms with Gasteiger partial charge in [-0.3, -0.25) is 10.1 Å². The summed E-state index contributed by atoms with van der Waals surface area (Å²) in [4.78, 5) is 24.9. The molecule has 0 radical (unpaired) electrons. The van der Waals surface area contributed by atoms with E-state index in [1.54, 1.807) is 29.6 Å². The van der Waals surface area contributed by atoms with Gasteiger partial charge >= 0.3 is 5.97 Å². The first-order valence-electron chi connectivity index (χ1n) is 7.75. The first-order chi connectivity index (χ1) is 12.5. The lowest BCUT2D eigenvalue weighted by Crippen LogP contribution is -2.03. The Bertz CT molecular complexity index is 921. The minimum atomic E-state index is -0.430. The number of nitro groups is 1. The van der Waals surface area contributed by atoms with E-state index in [0.717, 1.165) is 10.5 Å². The molecule has 0 atom stereocenters. The first kappa shape index (κ1) is 18.2. The summed E-state index contributed by atoms with van der Waals surface area (Å²) in [6, 6.07) is 16.1. The number of hydrogen-bond donors (Lipinski definition) is 0. The summed E-state index contributed by atoms with van der Waals surface area (Å²) in [5.74, 6) is -0.430. The SMILES string of the molecule is Cc1ccc(Sc2ccc(COC(=O)c3cccs3)cc2[N+](=O)[O-])cc1. The number of nitrogens with zero attached hydrogens (tertiary/aromatic N) is 1. The van der Waals surface area contributed by atoms with E-state index in [2.05, 4.69) is 0 Å². The van der Waals surface area contributed by atoms with E-state index in [0.29, 0.717) is 15.3 Å². The van der Waals surface area contributed by atoms with Crippen LogP contribution in [0.15, 0.2) is 69.8 Å². The lowest BCUT2D eigenvalue weighted by atomic mass is 10.2. The minimum Gasteiger partial charge on any atom is -0.457 e. The number of rotatable bonds is 6. The van der Waals surface area contributed by atoms with E-state index in [9.17, 15) is 14.9 Å². The van der Waals surface area contributed by atoms with Gasteiger partial charge in [0.25, 0.3) is 5.69 Å². The molecule has 7 heteroatoms. The van der Waals surface area contributed by atoms with Gasteiger partial charge in [0, 0.05) is 11.0 Å². The molecule has 0 aliphatic carbocycles. The van der Waals surface area contributed by atoms with E-state index in [4.69, 9.17) is 4.74 Å². The fraction of sp³-hybridized carbons (Fsp3) is 0.105. The van der Waals surface area contributed by atoms with Crippen molar-refractivity contribution in [2.75, 3.05) is 0 Å². The van der Waals surface area contributed by atoms with Gasteiger partial charge in [-0.25, -0.2) is 4.79 Å². The Morgan fingerprint density at radius 1 is 1.19 bits per heavy atom. The molecule has 0 saturated carbocycles. The van der Waals surface area contributed by atoms with Crippen LogP contribution in [-0.2, 0) is 11.3 Å². The van der Waals surface area contributed by atoms with Gasteiger partial charge in [0.05, 0.1) is 9.82 Å². The van der Waals surface area contributed by atoms with E-state index < -0.39 is 10.9 Å². The van der Waals surface area contributed by atoms with Crippen LogP contribution in [0.4, 0.5) is 5.69 Å². The maximum absolute atomic E-state index is 11.9. The van der Waals surface area contributed by atoms with Gasteiger partial charge < -0.3 is 4.74 Å². The van der Waals surface area contributed by atoms with Crippen LogP contribution in [0.3, 0.4) is 0 Å². The van der Waals surface area contributed by atoms with Crippen molar-refractivity contribution in [3.63, 3.8) is 0 Å². The molecule has 1 aromatic heterocycles. The van der Waals surface area contributed by atoms with Gasteiger partial charge in [-0.2, -0.15) is 0 Å². The first-order valence-corrected chi connectivity index (χ1v) is 9.45. The Morgan fingerprint density at radius 3 is 2.62 bits per heavy atom. The number of aryl methyl sites for hydroxylation is 1. The summed E-state index contributed by atoms with van der Waals surface area (Å²) >= 11 is 2.63. The van der Waals surface area contributed by atoms with Crippen LogP contribution >= 0.6 is 23.1 Å². The predicted octanol–water partition coefficient (Wildman–Crippen LogP) is 5.47. The highest BCUT2D eigenvalue weighted by molar-refractivity contribution is 7.99. The fourth-order valence-corrected chi connectivity index (χ4v) is 3.75. The molecule has 26 heavy (non-hydrogen) atoms. The van der Waals surface area contributed by atoms with E-state index in [-0.39, 0.29) is 12.3 Å². The molecule has 0 unspecified atom stereocenters. The molecule has 0 N–H and O–H groups in total. The summed E-state index contributed by atoms with van der Waals surface area (Å²) < 4.78 is 5.22. The van der Waals surface area contributed by atoms with Gasteiger partial charge in [0.2, 0.25) is 0 Å². The van der Waals surface area contributed by atoms with Gasteiger partial charge in [0.1, 0.15) is 11.5 Å². The molecule has 0 amide bonds. The zero-order valence-electron chi connectivity index (χ0n) is 13.9. The zero-order valence-corrected chi connectivity index (χ0v) is 15.5. The number of esters is 1. The van der Waals surface area contributed by atoms with Crippen LogP contribution < -0.4 is 0 Å². The smallest absolute Gasteiger partial charge is 0.348 e. The third kappa shape index (κ3) is 4.50. The van der Waals surface area contributed by atoms with E-state index >= 15 is 0 Å². The van der Waals surface area contributed by atoms with Crippen molar-refractivity contribution in [2.45, 2.75) is 23.3 Å². The Balaban J connectivity index is 1.75. The molecule has 2 aromatic carbocycles. The van der Waals surface area contributed by atoms with E-state index in [1.807, 2.05) is 31.2 Å². The van der Waals surface area contributed by atoms with Crippen molar-refractivity contribution in [2.24, 2.45) is 0 Å². The van der Waals surface area contributed by atoms with Gasteiger partial charge in [-0.15, -0.1) is 11.3 Å². The number of nitro benzene ring substituents is 1. The van der Waals surface area contributed by atoms with Gasteiger partial charge in [-0.1, -0.05) is 41.6 Å². The molecule has 0 aliphatic heterocycles. The van der Waals surface area contributed by atoms with Crippen LogP contribution in [0.25, 0.3) is 0 Å². The molecule has 5 nitrogen and oxygen atoms in total. The molecule has 0 spiro atoms. The number of ether oxygens (including phenoxy) is 1. The molecule has 0 saturated heterocycles. The Labute approximate surface area is 158 Å². The summed E-state index contributed by atoms with van der Waals surface area (Å²) in [6.45, 7) is 1.98. The van der Waals surface area contributed by atoms with Crippen LogP contribution in [0.1, 0.15) is 20.8 Å². The normalized spacial score (nSPS) is 10.5. The molecular formula is C19H15NO4S2. The minimum absolute atomic E-state index is 0.000229. The van der Waals surface area contributed by atoms with Crippen LogP contribution in [0, 0.1) is 17.0 Å². The maximum atomic E-state index is 11.9. The molecule has 0 fully saturated rings. The van der Waals surface area contributed by atoms with Crippen molar-refractivity contribution in [3.05, 3.63) is 86.1 Å². The average molecular weight is 385 g/mol. The summed E-state index contributed by atoms with van der Waals surface area (Å²) in [5.41, 5.74) is 1.71. The second-order valence-electron chi connectivity index (χ2n) is 5.53. The van der Waals surface area contributed by atoms with Crippen LogP contribution in [0.5, 0.6) is 0 Å². The summed E-state index contributed by atoms with van der Waals surface area (Å²) in [6.07, 6.45) is 0. The third-order valence-corrected chi connectivity index (χ3v) is 5.48. The summed E-state index contributed by atoms with van der Waals surface area (Å²) in [7, 11) is 0. The van der Waals surface area contributed by atoms with Crippen molar-refractivity contribution in [1.82, 2.24) is 0 Å². The molecule has 0 aliphatic rings. The summed E-state index contributed by atoms with van der Waals surface area (Å²) in [5, 5.41) is 13.2. The maximum Gasteiger partial charge on any atom is 0.348 e. The number of thiophene rings is 1. The molecule has 3 rings (SSSR count). The van der Waals surface area contributed by atoms with Gasteiger partial charge in [-0.05, 0) is 42.1 Å². The van der Waals surface area contributed by atoms with Crippen LogP contribution in [0.2, 0.25) is 0 Å². The molecule has 0 bridgehead atoms. The number of carbonyl (C=O) groups excluding carboxylic acids is 1. The molecule has 3 aromatic rings. The number of hydrogen-bond acceptors (Lipinski definition) is 6. The molecule has 132 valence electrons. The Hall–Kier alpha value is -2.64. The molecular weight excluding hydrogens is 370 g/mol. The zero-order chi connectivity index (χ0) is 18.5. The van der Waals surface area contributed by atoms with Crippen LogP contribution in [-0.4, -0.2) is 10.9 Å². The molecule has 1 heterocycles. The highest BCUT2D eigenvalue weighted by Gasteiger charge is 2.17. The fourth-order valence-electron chi connectivity index (χ4n) is 2.23. The third-order valence-electron chi connectivity index (χ3n) is 3.56. The van der Waals surface area contributed by atoms with E-state index in [1.165, 1.54) is 29.2 Å². The second kappa shape index (κ2) is 8.16. The Kier molecular flexibility index (Phi) is 5.70. The standard InChI is InChI=1S/C19H15NO4S2/c1-13-4-7-15(8-5-13)26-17-9-6-14(11-16(17)20(22)23)12-24-19(21)18-3-2-10-25-18/h2-11H,12H2,1H3. The van der Waals surface area contributed by atoms with Crippen molar-refractivity contribution in [3.8, 4) is 0 Å². The van der Waals surface area contributed by atoms with Crippen molar-refractivity contribution < 1.29 is 14.5 Å². The number of benzene rings is 2. The van der Waals surface area contributed by atoms with Gasteiger partial charge in [0.15, 0.2) is 0 Å². The second-order valence-corrected chi connectivity index (χ2v) is 7.59. The quantitative estimate of drug-likeness (QED) is 0.319. The lowest BCUT2D eigenvalue weighted by molar-refractivity contribution is -0.387. The predicted molar refractivity (Wildman–Crippen MR) is 102 cm³/mol. The average Bonchev–Trinajstić information content (AvgIpc) is 3.17. The topological polar surface area (TPSA) is 69.4 Å². The highest BCUT2D eigenvalue weighted by atomic mass is 32.2. The van der Waals surface area contributed by atoms with Crippen molar-refractivity contribution in [1.29, 1.82) is 0 Å². The number of carbonyl (C=O) groups is 1. The lowest BCUT2D eigenvalue weighted by Gasteiger charge is -2.07. The largest absolute Gasteiger partial charge is 0.457 e.